The second-order valence-corrected chi connectivity index (χ2v) is 2.69. The van der Waals surface area contributed by atoms with Crippen LogP contribution in [-0.4, -0.2) is 0 Å². The Kier molecular flexibility index (Phi) is 2.75. The molecule has 0 amide bonds. The Balaban J connectivity index is 3.53. The zero-order valence-corrected chi connectivity index (χ0v) is 7.17. The topological polar surface area (TPSA) is 23.8 Å². The Morgan fingerprint density at radius 1 is 1.00 bits per heavy atom. The number of rotatable bonds is 1. The summed E-state index contributed by atoms with van der Waals surface area (Å²) in [7, 11) is 0. The van der Waals surface area contributed by atoms with Gasteiger partial charge < -0.3 is 0 Å². The molecule has 0 saturated heterocycles. The molecular formula is C9H5F4N. The summed E-state index contributed by atoms with van der Waals surface area (Å²) in [5.41, 5.74) is -0.813. The SMILES string of the molecule is Cc1c(F)c(F)c(F)c(F)c1CC#N. The molecule has 0 fully saturated rings. The Bertz CT molecular complexity index is 391. The predicted molar refractivity (Wildman–Crippen MR) is 40.3 cm³/mol. The lowest BCUT2D eigenvalue weighted by Crippen LogP contribution is -2.05. The fourth-order valence-corrected chi connectivity index (χ4v) is 1.08. The van der Waals surface area contributed by atoms with Crippen molar-refractivity contribution in [1.82, 2.24) is 0 Å². The van der Waals surface area contributed by atoms with Crippen molar-refractivity contribution in [2.75, 3.05) is 0 Å². The Morgan fingerprint density at radius 3 is 2.00 bits per heavy atom. The summed E-state index contributed by atoms with van der Waals surface area (Å²) in [6, 6.07) is 1.54. The fourth-order valence-electron chi connectivity index (χ4n) is 1.08. The highest BCUT2D eigenvalue weighted by Crippen LogP contribution is 2.23. The molecule has 5 heteroatoms. The molecule has 1 nitrogen and oxygen atoms in total. The van der Waals surface area contributed by atoms with Gasteiger partial charge in [-0.25, -0.2) is 17.6 Å². The maximum atomic E-state index is 13.0. The van der Waals surface area contributed by atoms with Crippen LogP contribution in [0.3, 0.4) is 0 Å². The van der Waals surface area contributed by atoms with Gasteiger partial charge in [-0.2, -0.15) is 5.26 Å². The van der Waals surface area contributed by atoms with E-state index in [9.17, 15) is 17.6 Å². The second-order valence-electron chi connectivity index (χ2n) is 2.69. The minimum Gasteiger partial charge on any atom is -0.203 e. The number of halogens is 4. The van der Waals surface area contributed by atoms with Gasteiger partial charge in [0.1, 0.15) is 0 Å². The Hall–Kier alpha value is -1.57. The minimum atomic E-state index is -1.88. The largest absolute Gasteiger partial charge is 0.203 e. The Labute approximate surface area is 77.6 Å². The molecule has 0 aromatic heterocycles. The monoisotopic (exact) mass is 203 g/mol. The molecule has 0 heterocycles. The molecule has 74 valence electrons. The molecule has 1 aromatic carbocycles. The molecule has 1 aromatic rings. The van der Waals surface area contributed by atoms with Crippen LogP contribution in [0.2, 0.25) is 0 Å². The van der Waals surface area contributed by atoms with Crippen molar-refractivity contribution in [2.45, 2.75) is 13.3 Å². The van der Waals surface area contributed by atoms with E-state index in [4.69, 9.17) is 5.26 Å². The average molecular weight is 203 g/mol. The van der Waals surface area contributed by atoms with Gasteiger partial charge in [0.15, 0.2) is 23.3 Å². The van der Waals surface area contributed by atoms with Crippen LogP contribution in [0.1, 0.15) is 11.1 Å². The molecule has 0 aliphatic rings. The van der Waals surface area contributed by atoms with Gasteiger partial charge in [-0.05, 0) is 12.5 Å². The van der Waals surface area contributed by atoms with E-state index in [2.05, 4.69) is 0 Å². The van der Waals surface area contributed by atoms with Crippen LogP contribution in [-0.2, 0) is 6.42 Å². The molecule has 0 aliphatic carbocycles. The molecule has 0 bridgehead atoms. The highest BCUT2D eigenvalue weighted by atomic mass is 19.2. The zero-order valence-electron chi connectivity index (χ0n) is 7.17. The van der Waals surface area contributed by atoms with E-state index in [-0.39, 0.29) is 5.56 Å². The number of benzene rings is 1. The lowest BCUT2D eigenvalue weighted by molar-refractivity contribution is 0.401. The van der Waals surface area contributed by atoms with Gasteiger partial charge in [-0.15, -0.1) is 0 Å². The van der Waals surface area contributed by atoms with E-state index in [1.54, 1.807) is 6.07 Å². The summed E-state index contributed by atoms with van der Waals surface area (Å²) in [6.45, 7) is 1.09. The van der Waals surface area contributed by atoms with Crippen LogP contribution in [0.5, 0.6) is 0 Å². The first-order valence-electron chi connectivity index (χ1n) is 3.69. The molecular weight excluding hydrogens is 198 g/mol. The van der Waals surface area contributed by atoms with Crippen molar-refractivity contribution in [1.29, 1.82) is 5.26 Å². The number of nitrogens with zero attached hydrogens (tertiary/aromatic N) is 1. The molecule has 0 aliphatic heterocycles. The van der Waals surface area contributed by atoms with Crippen molar-refractivity contribution in [3.63, 3.8) is 0 Å². The van der Waals surface area contributed by atoms with Crippen LogP contribution in [0, 0.1) is 41.5 Å². The molecule has 0 saturated carbocycles. The second kappa shape index (κ2) is 3.66. The third-order valence-electron chi connectivity index (χ3n) is 1.88. The summed E-state index contributed by atoms with van der Waals surface area (Å²) < 4.78 is 51.1. The van der Waals surface area contributed by atoms with Gasteiger partial charge in [0.25, 0.3) is 0 Å². The third-order valence-corrected chi connectivity index (χ3v) is 1.88. The average Bonchev–Trinajstić information content (AvgIpc) is 2.19. The van der Waals surface area contributed by atoms with Gasteiger partial charge in [0, 0.05) is 5.56 Å². The molecule has 0 atom stereocenters. The maximum absolute atomic E-state index is 13.0. The van der Waals surface area contributed by atoms with Crippen LogP contribution in [0.4, 0.5) is 17.6 Å². The van der Waals surface area contributed by atoms with Crippen LogP contribution in [0.15, 0.2) is 0 Å². The highest BCUT2D eigenvalue weighted by molar-refractivity contribution is 5.32. The fraction of sp³-hybridized carbons (Fsp3) is 0.222. The summed E-state index contributed by atoms with van der Waals surface area (Å²) >= 11 is 0. The summed E-state index contributed by atoms with van der Waals surface area (Å²) in [5, 5.41) is 8.26. The van der Waals surface area contributed by atoms with Gasteiger partial charge in [0.05, 0.1) is 12.5 Å². The van der Waals surface area contributed by atoms with Gasteiger partial charge in [-0.1, -0.05) is 0 Å². The first kappa shape index (κ1) is 10.5. The molecule has 0 unspecified atom stereocenters. The van der Waals surface area contributed by atoms with Crippen molar-refractivity contribution in [2.24, 2.45) is 0 Å². The van der Waals surface area contributed by atoms with Gasteiger partial charge in [0.2, 0.25) is 0 Å². The first-order chi connectivity index (χ1) is 6.50. The minimum absolute atomic E-state index is 0.372. The predicted octanol–water partition coefficient (Wildman–Crippen LogP) is 2.62. The van der Waals surface area contributed by atoms with E-state index < -0.39 is 35.3 Å². The Morgan fingerprint density at radius 2 is 1.50 bits per heavy atom. The standard InChI is InChI=1S/C9H5F4N/c1-4-5(2-3-14)7(11)9(13)8(12)6(4)10/h2H2,1H3. The number of nitriles is 1. The lowest BCUT2D eigenvalue weighted by Gasteiger charge is -2.06. The quantitative estimate of drug-likeness (QED) is 0.391. The number of hydrogen-bond acceptors (Lipinski definition) is 1. The molecule has 0 N–H and O–H groups in total. The van der Waals surface area contributed by atoms with E-state index in [0.29, 0.717) is 0 Å². The molecule has 1 rings (SSSR count). The van der Waals surface area contributed by atoms with Crippen LogP contribution < -0.4 is 0 Å². The summed E-state index contributed by atoms with van der Waals surface area (Å²) in [5.74, 6) is -6.67. The zero-order chi connectivity index (χ0) is 10.9. The normalized spacial score (nSPS) is 10.0. The van der Waals surface area contributed by atoms with Crippen LogP contribution >= 0.6 is 0 Å². The van der Waals surface area contributed by atoms with Crippen molar-refractivity contribution in [3.8, 4) is 6.07 Å². The van der Waals surface area contributed by atoms with E-state index >= 15 is 0 Å². The summed E-state index contributed by atoms with van der Waals surface area (Å²) in [4.78, 5) is 0. The van der Waals surface area contributed by atoms with Crippen LogP contribution in [0.25, 0.3) is 0 Å². The first-order valence-corrected chi connectivity index (χ1v) is 3.69. The summed E-state index contributed by atoms with van der Waals surface area (Å²) in [6.07, 6.45) is -0.494. The maximum Gasteiger partial charge on any atom is 0.197 e. The van der Waals surface area contributed by atoms with Crippen molar-refractivity contribution in [3.05, 3.63) is 34.4 Å². The smallest absolute Gasteiger partial charge is 0.197 e. The van der Waals surface area contributed by atoms with Crippen molar-refractivity contribution >= 4 is 0 Å². The third kappa shape index (κ3) is 1.43. The van der Waals surface area contributed by atoms with E-state index in [1.807, 2.05) is 0 Å². The van der Waals surface area contributed by atoms with Crippen molar-refractivity contribution < 1.29 is 17.6 Å². The van der Waals surface area contributed by atoms with Gasteiger partial charge in [-0.3, -0.25) is 0 Å². The highest BCUT2D eigenvalue weighted by Gasteiger charge is 2.22. The number of hydrogen-bond donors (Lipinski definition) is 0. The van der Waals surface area contributed by atoms with Gasteiger partial charge >= 0.3 is 0 Å². The molecule has 0 radical (unpaired) electrons. The lowest BCUT2D eigenvalue weighted by atomic mass is 10.0. The van der Waals surface area contributed by atoms with E-state index in [1.165, 1.54) is 0 Å². The molecule has 14 heavy (non-hydrogen) atoms. The van der Waals surface area contributed by atoms with E-state index in [0.717, 1.165) is 6.92 Å². The molecule has 0 spiro atoms.